The minimum absolute atomic E-state index is 0.0257. The summed E-state index contributed by atoms with van der Waals surface area (Å²) >= 11 is 0. The highest BCUT2D eigenvalue weighted by Gasteiger charge is 2.19. The van der Waals surface area contributed by atoms with E-state index >= 15 is 0 Å². The Morgan fingerprint density at radius 3 is 2.71 bits per heavy atom. The fraction of sp³-hybridized carbons (Fsp3) is 0.182. The van der Waals surface area contributed by atoms with Crippen molar-refractivity contribution in [1.82, 2.24) is 4.57 Å². The SMILES string of the molecule is Cc1cccc(-n2c(C)cc(C(=O)Nc3ccc4c(c3)OCC(=O)N4)c2C)c1. The Morgan fingerprint density at radius 1 is 1.11 bits per heavy atom. The van der Waals surface area contributed by atoms with Crippen molar-refractivity contribution in [2.24, 2.45) is 0 Å². The van der Waals surface area contributed by atoms with Crippen molar-refractivity contribution in [3.8, 4) is 11.4 Å². The van der Waals surface area contributed by atoms with Crippen LogP contribution in [0.15, 0.2) is 48.5 Å². The van der Waals surface area contributed by atoms with E-state index in [9.17, 15) is 9.59 Å². The Morgan fingerprint density at radius 2 is 1.93 bits per heavy atom. The number of aryl methyl sites for hydroxylation is 2. The predicted octanol–water partition coefficient (Wildman–Crippen LogP) is 3.99. The first-order chi connectivity index (χ1) is 13.4. The van der Waals surface area contributed by atoms with E-state index in [0.29, 0.717) is 22.7 Å². The Kier molecular flexibility index (Phi) is 4.39. The zero-order valence-electron chi connectivity index (χ0n) is 16.0. The summed E-state index contributed by atoms with van der Waals surface area (Å²) in [5, 5.41) is 5.65. The van der Waals surface area contributed by atoms with Gasteiger partial charge in [0.15, 0.2) is 6.61 Å². The van der Waals surface area contributed by atoms with Crippen LogP contribution in [0.2, 0.25) is 0 Å². The molecule has 0 atom stereocenters. The van der Waals surface area contributed by atoms with Crippen LogP contribution in [-0.4, -0.2) is 23.0 Å². The van der Waals surface area contributed by atoms with Gasteiger partial charge in [-0.3, -0.25) is 9.59 Å². The highest BCUT2D eigenvalue weighted by Crippen LogP contribution is 2.31. The van der Waals surface area contributed by atoms with E-state index in [1.807, 2.05) is 45.0 Å². The first-order valence-corrected chi connectivity index (χ1v) is 9.06. The molecule has 2 heterocycles. The second-order valence-corrected chi connectivity index (χ2v) is 6.96. The minimum Gasteiger partial charge on any atom is -0.482 e. The number of rotatable bonds is 3. The van der Waals surface area contributed by atoms with Crippen molar-refractivity contribution in [3.05, 3.63) is 71.0 Å². The Balaban J connectivity index is 1.61. The number of aromatic nitrogens is 1. The normalized spacial score (nSPS) is 12.8. The fourth-order valence-corrected chi connectivity index (χ4v) is 3.51. The lowest BCUT2D eigenvalue weighted by Gasteiger charge is -2.18. The number of hydrogen-bond acceptors (Lipinski definition) is 3. The Labute approximate surface area is 163 Å². The molecule has 3 aromatic rings. The van der Waals surface area contributed by atoms with E-state index in [0.717, 1.165) is 22.6 Å². The molecule has 2 amide bonds. The van der Waals surface area contributed by atoms with Crippen LogP contribution < -0.4 is 15.4 Å². The van der Waals surface area contributed by atoms with Gasteiger partial charge in [0.1, 0.15) is 5.75 Å². The molecule has 4 rings (SSSR count). The maximum atomic E-state index is 12.9. The van der Waals surface area contributed by atoms with E-state index in [-0.39, 0.29) is 18.4 Å². The molecule has 0 aliphatic carbocycles. The van der Waals surface area contributed by atoms with Crippen LogP contribution in [0.3, 0.4) is 0 Å². The second kappa shape index (κ2) is 6.88. The van der Waals surface area contributed by atoms with Crippen LogP contribution in [0.4, 0.5) is 11.4 Å². The van der Waals surface area contributed by atoms with Gasteiger partial charge >= 0.3 is 0 Å². The van der Waals surface area contributed by atoms with E-state index in [4.69, 9.17) is 4.74 Å². The molecule has 1 aromatic heterocycles. The Hall–Kier alpha value is -3.54. The van der Waals surface area contributed by atoms with Gasteiger partial charge in [0, 0.05) is 28.8 Å². The second-order valence-electron chi connectivity index (χ2n) is 6.96. The number of ether oxygens (including phenoxy) is 1. The molecule has 28 heavy (non-hydrogen) atoms. The molecule has 2 N–H and O–H groups in total. The summed E-state index contributed by atoms with van der Waals surface area (Å²) in [6, 6.07) is 15.2. The Bertz CT molecular complexity index is 1100. The van der Waals surface area contributed by atoms with Gasteiger partial charge in [-0.05, 0) is 56.7 Å². The third-order valence-electron chi connectivity index (χ3n) is 4.81. The molecule has 0 radical (unpaired) electrons. The number of anilines is 2. The monoisotopic (exact) mass is 375 g/mol. The van der Waals surface area contributed by atoms with Gasteiger partial charge in [0.05, 0.1) is 11.3 Å². The molecular weight excluding hydrogens is 354 g/mol. The molecule has 1 aliphatic rings. The molecule has 0 spiro atoms. The zero-order chi connectivity index (χ0) is 19.8. The number of nitrogens with one attached hydrogen (secondary N) is 2. The third-order valence-corrected chi connectivity index (χ3v) is 4.81. The number of benzene rings is 2. The molecule has 0 saturated carbocycles. The molecular formula is C22H21N3O3. The maximum absolute atomic E-state index is 12.9. The number of nitrogens with zero attached hydrogens (tertiary/aromatic N) is 1. The third kappa shape index (κ3) is 3.24. The van der Waals surface area contributed by atoms with Gasteiger partial charge in [-0.2, -0.15) is 0 Å². The molecule has 6 nitrogen and oxygen atoms in total. The molecule has 0 saturated heterocycles. The standard InChI is InChI=1S/C22H21N3O3/c1-13-5-4-6-17(9-13)25-14(2)10-18(15(25)3)22(27)23-16-7-8-19-20(11-16)28-12-21(26)24-19/h4-11H,12H2,1-3H3,(H,23,27)(H,24,26). The van der Waals surface area contributed by atoms with Crippen LogP contribution in [-0.2, 0) is 4.79 Å². The summed E-state index contributed by atoms with van der Waals surface area (Å²) in [5.41, 5.74) is 5.90. The molecule has 0 unspecified atom stereocenters. The first kappa shape index (κ1) is 17.9. The van der Waals surface area contributed by atoms with Gasteiger partial charge in [-0.25, -0.2) is 0 Å². The highest BCUT2D eigenvalue weighted by molar-refractivity contribution is 6.06. The summed E-state index contributed by atoms with van der Waals surface area (Å²) in [7, 11) is 0. The molecule has 0 fully saturated rings. The molecule has 6 heteroatoms. The lowest BCUT2D eigenvalue weighted by atomic mass is 10.2. The van der Waals surface area contributed by atoms with Crippen molar-refractivity contribution in [3.63, 3.8) is 0 Å². The summed E-state index contributed by atoms with van der Waals surface area (Å²) < 4.78 is 7.49. The lowest BCUT2D eigenvalue weighted by molar-refractivity contribution is -0.118. The van der Waals surface area contributed by atoms with E-state index in [1.54, 1.807) is 18.2 Å². The topological polar surface area (TPSA) is 72.4 Å². The van der Waals surface area contributed by atoms with Crippen LogP contribution >= 0.6 is 0 Å². The van der Waals surface area contributed by atoms with Crippen molar-refractivity contribution in [2.75, 3.05) is 17.2 Å². The summed E-state index contributed by atoms with van der Waals surface area (Å²) in [6.07, 6.45) is 0. The number of carbonyl (C=O) groups is 2. The molecule has 2 aromatic carbocycles. The lowest BCUT2D eigenvalue weighted by Crippen LogP contribution is -2.25. The van der Waals surface area contributed by atoms with Crippen molar-refractivity contribution in [2.45, 2.75) is 20.8 Å². The first-order valence-electron chi connectivity index (χ1n) is 9.06. The smallest absolute Gasteiger partial charge is 0.262 e. The van der Waals surface area contributed by atoms with E-state index in [1.165, 1.54) is 0 Å². The highest BCUT2D eigenvalue weighted by atomic mass is 16.5. The maximum Gasteiger partial charge on any atom is 0.262 e. The number of hydrogen-bond donors (Lipinski definition) is 2. The minimum atomic E-state index is -0.188. The predicted molar refractivity (Wildman–Crippen MR) is 108 cm³/mol. The van der Waals surface area contributed by atoms with Crippen molar-refractivity contribution < 1.29 is 14.3 Å². The van der Waals surface area contributed by atoms with Crippen LogP contribution in [0, 0.1) is 20.8 Å². The van der Waals surface area contributed by atoms with Gasteiger partial charge in [0.2, 0.25) is 0 Å². The molecule has 1 aliphatic heterocycles. The quantitative estimate of drug-likeness (QED) is 0.727. The summed E-state index contributed by atoms with van der Waals surface area (Å²) in [5.74, 6) is 0.169. The van der Waals surface area contributed by atoms with Gasteiger partial charge in [-0.15, -0.1) is 0 Å². The van der Waals surface area contributed by atoms with Crippen LogP contribution in [0.1, 0.15) is 27.3 Å². The van der Waals surface area contributed by atoms with Crippen molar-refractivity contribution >= 4 is 23.2 Å². The van der Waals surface area contributed by atoms with Gasteiger partial charge in [0.25, 0.3) is 11.8 Å². The van der Waals surface area contributed by atoms with E-state index in [2.05, 4.69) is 21.3 Å². The van der Waals surface area contributed by atoms with Crippen molar-refractivity contribution in [1.29, 1.82) is 0 Å². The van der Waals surface area contributed by atoms with Crippen LogP contribution in [0.5, 0.6) is 5.75 Å². The average molecular weight is 375 g/mol. The zero-order valence-corrected chi connectivity index (χ0v) is 16.0. The number of amides is 2. The van der Waals surface area contributed by atoms with E-state index < -0.39 is 0 Å². The fourth-order valence-electron chi connectivity index (χ4n) is 3.51. The van der Waals surface area contributed by atoms with Gasteiger partial charge in [-0.1, -0.05) is 12.1 Å². The molecule has 142 valence electrons. The number of carbonyl (C=O) groups excluding carboxylic acids is 2. The number of fused-ring (bicyclic) bond motifs is 1. The average Bonchev–Trinajstić information content (AvgIpc) is 2.96. The molecule has 0 bridgehead atoms. The summed E-state index contributed by atoms with van der Waals surface area (Å²) in [4.78, 5) is 24.3. The van der Waals surface area contributed by atoms with Crippen LogP contribution in [0.25, 0.3) is 5.69 Å². The van der Waals surface area contributed by atoms with Gasteiger partial charge < -0.3 is 19.9 Å². The summed E-state index contributed by atoms with van der Waals surface area (Å²) in [6.45, 7) is 5.95. The largest absolute Gasteiger partial charge is 0.482 e.